The number of carbonyl (C=O) groups is 1. The number of halogens is 2. The lowest BCUT2D eigenvalue weighted by Crippen LogP contribution is -2.45. The molecule has 1 aliphatic carbocycles. The first-order chi connectivity index (χ1) is 13.1. The monoisotopic (exact) mass is 403 g/mol. The van der Waals surface area contributed by atoms with Crippen molar-refractivity contribution in [2.24, 2.45) is 5.92 Å². The molecule has 1 saturated heterocycles. The van der Waals surface area contributed by atoms with Crippen molar-refractivity contribution in [2.45, 2.75) is 30.6 Å². The Kier molecular flexibility index (Phi) is 5.45. The van der Waals surface area contributed by atoms with Crippen LogP contribution < -0.4 is 5.32 Å². The molecule has 142 valence electrons. The van der Waals surface area contributed by atoms with E-state index < -0.39 is 0 Å². The Balaban J connectivity index is 1.44. The molecule has 1 aliphatic heterocycles. The topological polar surface area (TPSA) is 38.3 Å². The molecule has 5 heteroatoms. The molecule has 1 heterocycles. The van der Waals surface area contributed by atoms with Gasteiger partial charge in [0.1, 0.15) is 0 Å². The molecule has 2 fully saturated rings. The highest BCUT2D eigenvalue weighted by atomic mass is 35.5. The van der Waals surface area contributed by atoms with Gasteiger partial charge in [-0.05, 0) is 54.5 Å². The molecule has 27 heavy (non-hydrogen) atoms. The van der Waals surface area contributed by atoms with Crippen LogP contribution in [0.25, 0.3) is 0 Å². The molecule has 0 radical (unpaired) electrons. The summed E-state index contributed by atoms with van der Waals surface area (Å²) < 4.78 is 5.57. The molecule has 2 unspecified atom stereocenters. The van der Waals surface area contributed by atoms with Gasteiger partial charge in [-0.3, -0.25) is 4.79 Å². The van der Waals surface area contributed by atoms with Crippen LogP contribution in [0.15, 0.2) is 48.5 Å². The van der Waals surface area contributed by atoms with E-state index in [1.54, 1.807) is 0 Å². The zero-order valence-electron chi connectivity index (χ0n) is 15.1. The van der Waals surface area contributed by atoms with E-state index in [2.05, 4.69) is 11.4 Å². The Morgan fingerprint density at radius 2 is 1.89 bits per heavy atom. The van der Waals surface area contributed by atoms with Gasteiger partial charge in [0.15, 0.2) is 0 Å². The normalized spacial score (nSPS) is 23.6. The van der Waals surface area contributed by atoms with Gasteiger partial charge in [0.05, 0.1) is 0 Å². The number of ether oxygens (including phenoxy) is 1. The molecule has 2 aromatic carbocycles. The number of amides is 1. The minimum atomic E-state index is -0.117. The van der Waals surface area contributed by atoms with Gasteiger partial charge in [-0.25, -0.2) is 0 Å². The van der Waals surface area contributed by atoms with E-state index in [0.717, 1.165) is 34.9 Å². The van der Waals surface area contributed by atoms with Crippen LogP contribution in [0.4, 0.5) is 0 Å². The SMILES string of the molecule is O=C(NCC1(c2cccc(Cl)c2)CCOCC1)C1CC1c1ccccc1Cl. The van der Waals surface area contributed by atoms with Gasteiger partial charge in [-0.15, -0.1) is 0 Å². The standard InChI is InChI=1S/C22H23Cl2NO2/c23-16-5-3-4-15(12-16)22(8-10-27-11-9-22)14-25-21(26)19-13-18(19)17-6-1-2-7-20(17)24/h1-7,12,18-19H,8-11,13-14H2,(H,25,26). The quantitative estimate of drug-likeness (QED) is 0.765. The fourth-order valence-corrected chi connectivity index (χ4v) is 4.61. The fraction of sp³-hybridized carbons (Fsp3) is 0.409. The molecule has 3 nitrogen and oxygen atoms in total. The van der Waals surface area contributed by atoms with Crippen LogP contribution in [0.3, 0.4) is 0 Å². The van der Waals surface area contributed by atoms with Crippen molar-refractivity contribution in [3.8, 4) is 0 Å². The zero-order chi connectivity index (χ0) is 18.9. The van der Waals surface area contributed by atoms with E-state index >= 15 is 0 Å². The molecular formula is C22H23Cl2NO2. The maximum absolute atomic E-state index is 12.8. The first-order valence-corrected chi connectivity index (χ1v) is 10.2. The van der Waals surface area contributed by atoms with E-state index in [-0.39, 0.29) is 23.2 Å². The molecule has 1 N–H and O–H groups in total. The molecule has 2 aromatic rings. The minimum absolute atomic E-state index is 0.0150. The van der Waals surface area contributed by atoms with E-state index in [4.69, 9.17) is 27.9 Å². The third-order valence-electron chi connectivity index (χ3n) is 5.92. The summed E-state index contributed by atoms with van der Waals surface area (Å²) in [6.45, 7) is 2.02. The average molecular weight is 404 g/mol. The first-order valence-electron chi connectivity index (χ1n) is 9.45. The number of carbonyl (C=O) groups excluding carboxylic acids is 1. The smallest absolute Gasteiger partial charge is 0.223 e. The Bertz CT molecular complexity index is 833. The lowest BCUT2D eigenvalue weighted by Gasteiger charge is -2.38. The number of benzene rings is 2. The van der Waals surface area contributed by atoms with E-state index in [0.29, 0.717) is 19.8 Å². The number of hydrogen-bond acceptors (Lipinski definition) is 2. The van der Waals surface area contributed by atoms with E-state index in [9.17, 15) is 4.79 Å². The second kappa shape index (κ2) is 7.83. The summed E-state index contributed by atoms with van der Waals surface area (Å²) in [6.07, 6.45) is 2.63. The maximum atomic E-state index is 12.8. The summed E-state index contributed by atoms with van der Waals surface area (Å²) in [4.78, 5) is 12.8. The highest BCUT2D eigenvalue weighted by molar-refractivity contribution is 6.31. The number of hydrogen-bond donors (Lipinski definition) is 1. The van der Waals surface area contributed by atoms with Gasteiger partial charge in [0.2, 0.25) is 5.91 Å². The van der Waals surface area contributed by atoms with E-state index in [1.807, 2.05) is 42.5 Å². The van der Waals surface area contributed by atoms with Gasteiger partial charge in [-0.2, -0.15) is 0 Å². The summed E-state index contributed by atoms with van der Waals surface area (Å²) in [5.74, 6) is 0.365. The van der Waals surface area contributed by atoms with Crippen LogP contribution in [-0.2, 0) is 14.9 Å². The molecule has 0 aromatic heterocycles. The van der Waals surface area contributed by atoms with Crippen LogP contribution in [0.1, 0.15) is 36.3 Å². The predicted octanol–water partition coefficient (Wildman–Crippen LogP) is 4.96. The van der Waals surface area contributed by atoms with Crippen molar-refractivity contribution in [3.63, 3.8) is 0 Å². The number of rotatable bonds is 5. The second-order valence-electron chi connectivity index (χ2n) is 7.59. The highest BCUT2D eigenvalue weighted by Gasteiger charge is 2.45. The summed E-state index contributed by atoms with van der Waals surface area (Å²) in [6, 6.07) is 15.8. The first kappa shape index (κ1) is 18.8. The third kappa shape index (κ3) is 4.01. The Morgan fingerprint density at radius 1 is 1.11 bits per heavy atom. The van der Waals surface area contributed by atoms with Crippen molar-refractivity contribution in [1.82, 2.24) is 5.32 Å². The van der Waals surface area contributed by atoms with Crippen LogP contribution in [0.5, 0.6) is 0 Å². The van der Waals surface area contributed by atoms with Gasteiger partial charge in [0.25, 0.3) is 0 Å². The summed E-state index contributed by atoms with van der Waals surface area (Å²) in [5.41, 5.74) is 2.14. The van der Waals surface area contributed by atoms with E-state index in [1.165, 1.54) is 5.56 Å². The van der Waals surface area contributed by atoms with Crippen molar-refractivity contribution in [3.05, 3.63) is 69.7 Å². The van der Waals surface area contributed by atoms with Crippen molar-refractivity contribution < 1.29 is 9.53 Å². The Hall–Kier alpha value is -1.55. The Labute approximate surface area is 170 Å². The summed E-state index contributed by atoms with van der Waals surface area (Å²) in [5, 5.41) is 4.69. The minimum Gasteiger partial charge on any atom is -0.381 e. The number of nitrogens with one attached hydrogen (secondary N) is 1. The molecule has 2 aliphatic rings. The van der Waals surface area contributed by atoms with Crippen molar-refractivity contribution in [2.75, 3.05) is 19.8 Å². The van der Waals surface area contributed by atoms with Crippen molar-refractivity contribution >= 4 is 29.1 Å². The molecule has 2 atom stereocenters. The largest absolute Gasteiger partial charge is 0.381 e. The fourth-order valence-electron chi connectivity index (χ4n) is 4.14. The third-order valence-corrected chi connectivity index (χ3v) is 6.50. The average Bonchev–Trinajstić information content (AvgIpc) is 3.48. The van der Waals surface area contributed by atoms with Crippen LogP contribution in [-0.4, -0.2) is 25.7 Å². The lowest BCUT2D eigenvalue weighted by atomic mass is 9.74. The zero-order valence-corrected chi connectivity index (χ0v) is 16.6. The summed E-state index contributed by atoms with van der Waals surface area (Å²) >= 11 is 12.5. The molecule has 1 amide bonds. The molecule has 0 spiro atoms. The van der Waals surface area contributed by atoms with Crippen LogP contribution in [0.2, 0.25) is 10.0 Å². The molecule has 1 saturated carbocycles. The van der Waals surface area contributed by atoms with Crippen LogP contribution in [0, 0.1) is 5.92 Å². The molecule has 4 rings (SSSR count). The maximum Gasteiger partial charge on any atom is 0.223 e. The van der Waals surface area contributed by atoms with Gasteiger partial charge in [0, 0.05) is 41.1 Å². The van der Waals surface area contributed by atoms with Gasteiger partial charge >= 0.3 is 0 Å². The second-order valence-corrected chi connectivity index (χ2v) is 8.43. The highest BCUT2D eigenvalue weighted by Crippen LogP contribution is 2.49. The molecular weight excluding hydrogens is 381 g/mol. The molecule has 0 bridgehead atoms. The Morgan fingerprint density at radius 3 is 2.63 bits per heavy atom. The van der Waals surface area contributed by atoms with Gasteiger partial charge < -0.3 is 10.1 Å². The van der Waals surface area contributed by atoms with Crippen LogP contribution >= 0.6 is 23.2 Å². The lowest BCUT2D eigenvalue weighted by molar-refractivity contribution is -0.122. The predicted molar refractivity (Wildman–Crippen MR) is 108 cm³/mol. The van der Waals surface area contributed by atoms with Gasteiger partial charge in [-0.1, -0.05) is 53.5 Å². The van der Waals surface area contributed by atoms with Crippen molar-refractivity contribution in [1.29, 1.82) is 0 Å². The summed E-state index contributed by atoms with van der Waals surface area (Å²) in [7, 11) is 0.